The van der Waals surface area contributed by atoms with E-state index in [2.05, 4.69) is 6.07 Å². The number of amides is 4. The van der Waals surface area contributed by atoms with Crippen LogP contribution in [0.25, 0.3) is 0 Å². The topological polar surface area (TPSA) is 57.7 Å². The summed E-state index contributed by atoms with van der Waals surface area (Å²) in [5, 5.41) is 0. The molecule has 5 heteroatoms. The Morgan fingerprint density at radius 3 is 2.15 bits per heavy atom. The van der Waals surface area contributed by atoms with E-state index in [0.717, 1.165) is 32.1 Å². The van der Waals surface area contributed by atoms with E-state index in [-0.39, 0.29) is 5.92 Å². The Morgan fingerprint density at radius 1 is 0.889 bits per heavy atom. The van der Waals surface area contributed by atoms with Crippen LogP contribution in [0.3, 0.4) is 0 Å². The first kappa shape index (κ1) is 17.5. The lowest BCUT2D eigenvalue weighted by Gasteiger charge is -2.48. The predicted molar refractivity (Wildman–Crippen MR) is 101 cm³/mol. The third-order valence-corrected chi connectivity index (χ3v) is 6.00. The molecule has 138 valence electrons. The van der Waals surface area contributed by atoms with Gasteiger partial charge in [-0.25, -0.2) is 4.79 Å². The molecule has 0 saturated carbocycles. The summed E-state index contributed by atoms with van der Waals surface area (Å²) >= 11 is 0. The molecular weight excluding hydrogens is 340 g/mol. The first-order valence-corrected chi connectivity index (χ1v) is 9.10. The Kier molecular flexibility index (Phi) is 3.91. The van der Waals surface area contributed by atoms with Gasteiger partial charge in [-0.3, -0.25) is 19.4 Å². The molecule has 1 aliphatic heterocycles. The van der Waals surface area contributed by atoms with Crippen molar-refractivity contribution in [1.82, 2.24) is 9.80 Å². The number of benzene rings is 2. The normalized spacial score (nSPS) is 21.6. The SMILES string of the molecule is Cc1cccc(C2Cc3ccccc3CC23C(=O)N(C)C(=O)N(C)C3=O)c1. The molecule has 1 atom stereocenters. The first-order chi connectivity index (χ1) is 12.9. The fourth-order valence-corrected chi connectivity index (χ4v) is 4.57. The van der Waals surface area contributed by atoms with Crippen molar-refractivity contribution in [2.45, 2.75) is 25.7 Å². The zero-order chi connectivity index (χ0) is 19.3. The number of rotatable bonds is 1. The van der Waals surface area contributed by atoms with Gasteiger partial charge in [-0.2, -0.15) is 0 Å². The molecule has 4 rings (SSSR count). The second-order valence-corrected chi connectivity index (χ2v) is 7.60. The summed E-state index contributed by atoms with van der Waals surface area (Å²) < 4.78 is 0. The van der Waals surface area contributed by atoms with E-state index in [1.165, 1.54) is 14.1 Å². The van der Waals surface area contributed by atoms with E-state index in [9.17, 15) is 14.4 Å². The molecule has 2 aromatic carbocycles. The molecule has 1 unspecified atom stereocenters. The summed E-state index contributed by atoms with van der Waals surface area (Å²) in [6.45, 7) is 2.00. The molecule has 2 aromatic rings. The fourth-order valence-electron chi connectivity index (χ4n) is 4.57. The van der Waals surface area contributed by atoms with Crippen molar-refractivity contribution in [3.8, 4) is 0 Å². The average Bonchev–Trinajstić information content (AvgIpc) is 2.69. The van der Waals surface area contributed by atoms with Crippen LogP contribution >= 0.6 is 0 Å². The van der Waals surface area contributed by atoms with Crippen molar-refractivity contribution in [3.05, 3.63) is 70.8 Å². The fraction of sp³-hybridized carbons (Fsp3) is 0.318. The van der Waals surface area contributed by atoms with Gasteiger partial charge in [0.25, 0.3) is 0 Å². The highest BCUT2D eigenvalue weighted by molar-refractivity contribution is 6.19. The van der Waals surface area contributed by atoms with Crippen LogP contribution in [0, 0.1) is 12.3 Å². The van der Waals surface area contributed by atoms with Crippen molar-refractivity contribution >= 4 is 17.8 Å². The van der Waals surface area contributed by atoms with E-state index < -0.39 is 23.3 Å². The number of barbiturate groups is 1. The van der Waals surface area contributed by atoms with Gasteiger partial charge >= 0.3 is 6.03 Å². The zero-order valence-corrected chi connectivity index (χ0v) is 15.7. The Balaban J connectivity index is 1.95. The third-order valence-electron chi connectivity index (χ3n) is 6.00. The monoisotopic (exact) mass is 362 g/mol. The molecule has 0 bridgehead atoms. The molecular formula is C22H22N2O3. The van der Waals surface area contributed by atoms with Crippen molar-refractivity contribution in [1.29, 1.82) is 0 Å². The van der Waals surface area contributed by atoms with Crippen LogP contribution in [0.1, 0.15) is 28.2 Å². The van der Waals surface area contributed by atoms with Crippen LogP contribution < -0.4 is 0 Å². The van der Waals surface area contributed by atoms with Gasteiger partial charge in [-0.05, 0) is 36.5 Å². The van der Waals surface area contributed by atoms with Crippen LogP contribution in [0.4, 0.5) is 4.79 Å². The molecule has 27 heavy (non-hydrogen) atoms. The van der Waals surface area contributed by atoms with Gasteiger partial charge in [0, 0.05) is 20.0 Å². The summed E-state index contributed by atoms with van der Waals surface area (Å²) in [4.78, 5) is 41.3. The quantitative estimate of drug-likeness (QED) is 0.733. The summed E-state index contributed by atoms with van der Waals surface area (Å²) in [6, 6.07) is 15.3. The number of carbonyl (C=O) groups excluding carboxylic acids is 3. The number of carbonyl (C=O) groups is 3. The standard InChI is InChI=1S/C22H22N2O3/c1-14-7-6-10-16(11-14)18-12-15-8-4-5-9-17(15)13-22(18)19(25)23(2)21(27)24(3)20(22)26/h4-11,18H,12-13H2,1-3H3. The molecule has 1 spiro atoms. The lowest BCUT2D eigenvalue weighted by molar-refractivity contribution is -0.159. The van der Waals surface area contributed by atoms with Crippen molar-refractivity contribution in [2.75, 3.05) is 14.1 Å². The van der Waals surface area contributed by atoms with E-state index >= 15 is 0 Å². The largest absolute Gasteiger partial charge is 0.332 e. The van der Waals surface area contributed by atoms with Crippen LogP contribution in [-0.4, -0.2) is 41.7 Å². The molecule has 0 radical (unpaired) electrons. The maximum absolute atomic E-state index is 13.4. The second-order valence-electron chi connectivity index (χ2n) is 7.60. The molecule has 1 fully saturated rings. The molecule has 5 nitrogen and oxygen atoms in total. The summed E-state index contributed by atoms with van der Waals surface area (Å²) in [5.74, 6) is -1.13. The summed E-state index contributed by atoms with van der Waals surface area (Å²) in [5.41, 5.74) is 2.90. The van der Waals surface area contributed by atoms with Gasteiger partial charge in [0.2, 0.25) is 11.8 Å². The van der Waals surface area contributed by atoms with Gasteiger partial charge in [0.05, 0.1) is 0 Å². The molecule has 0 N–H and O–H groups in total. The predicted octanol–water partition coefficient (Wildman–Crippen LogP) is 2.91. The molecule has 0 aromatic heterocycles. The smallest absolute Gasteiger partial charge is 0.273 e. The van der Waals surface area contributed by atoms with Gasteiger partial charge in [0.15, 0.2) is 0 Å². The van der Waals surface area contributed by atoms with Crippen LogP contribution in [0.15, 0.2) is 48.5 Å². The van der Waals surface area contributed by atoms with Crippen LogP contribution in [0.5, 0.6) is 0 Å². The van der Waals surface area contributed by atoms with Gasteiger partial charge in [-0.15, -0.1) is 0 Å². The molecule has 1 saturated heterocycles. The van der Waals surface area contributed by atoms with E-state index in [0.29, 0.717) is 12.8 Å². The maximum Gasteiger partial charge on any atom is 0.332 e. The average molecular weight is 362 g/mol. The zero-order valence-electron chi connectivity index (χ0n) is 15.7. The lowest BCUT2D eigenvalue weighted by atomic mass is 9.60. The van der Waals surface area contributed by atoms with Gasteiger partial charge < -0.3 is 0 Å². The lowest BCUT2D eigenvalue weighted by Crippen LogP contribution is -2.66. The van der Waals surface area contributed by atoms with E-state index in [1.807, 2.05) is 49.4 Å². The van der Waals surface area contributed by atoms with Gasteiger partial charge in [-0.1, -0.05) is 54.1 Å². The van der Waals surface area contributed by atoms with Crippen molar-refractivity contribution in [3.63, 3.8) is 0 Å². The Hall–Kier alpha value is -2.95. The number of hydrogen-bond donors (Lipinski definition) is 0. The number of hydrogen-bond acceptors (Lipinski definition) is 3. The highest BCUT2D eigenvalue weighted by atomic mass is 16.2. The van der Waals surface area contributed by atoms with Crippen LogP contribution in [-0.2, 0) is 22.4 Å². The van der Waals surface area contributed by atoms with Crippen molar-refractivity contribution in [2.24, 2.45) is 5.41 Å². The second kappa shape index (κ2) is 6.05. The van der Waals surface area contributed by atoms with Crippen molar-refractivity contribution < 1.29 is 14.4 Å². The highest BCUT2D eigenvalue weighted by Gasteiger charge is 2.61. The first-order valence-electron chi connectivity index (χ1n) is 9.10. The minimum absolute atomic E-state index is 0.307. The van der Waals surface area contributed by atoms with E-state index in [4.69, 9.17) is 0 Å². The molecule has 2 aliphatic rings. The number of nitrogens with zero attached hydrogens (tertiary/aromatic N) is 2. The van der Waals surface area contributed by atoms with Gasteiger partial charge in [0.1, 0.15) is 5.41 Å². The van der Waals surface area contributed by atoms with Crippen LogP contribution in [0.2, 0.25) is 0 Å². The summed E-state index contributed by atoms with van der Waals surface area (Å²) in [6.07, 6.45) is 0.897. The number of imide groups is 2. The highest BCUT2D eigenvalue weighted by Crippen LogP contribution is 2.49. The molecule has 4 amide bonds. The molecule has 1 heterocycles. The summed E-state index contributed by atoms with van der Waals surface area (Å²) in [7, 11) is 2.92. The Labute approximate surface area is 158 Å². The minimum atomic E-state index is -1.29. The Bertz CT molecular complexity index is 942. The number of aryl methyl sites for hydroxylation is 1. The van der Waals surface area contributed by atoms with E-state index in [1.54, 1.807) is 0 Å². The molecule has 1 aliphatic carbocycles. The Morgan fingerprint density at radius 2 is 1.52 bits per heavy atom. The maximum atomic E-state index is 13.4. The minimum Gasteiger partial charge on any atom is -0.273 e. The number of urea groups is 1. The third kappa shape index (κ3) is 2.41. The number of fused-ring (bicyclic) bond motifs is 1.